The van der Waals surface area contributed by atoms with E-state index in [-0.39, 0.29) is 18.8 Å². The van der Waals surface area contributed by atoms with Crippen molar-refractivity contribution in [3.05, 3.63) is 22.4 Å². The fraction of sp³-hybridized carbons (Fsp3) is 0.545. The second-order valence-electron chi connectivity index (χ2n) is 4.08. The topological polar surface area (TPSA) is 49.8 Å². The summed E-state index contributed by atoms with van der Waals surface area (Å²) in [5.74, 6) is -0.779. The van der Waals surface area contributed by atoms with E-state index in [1.54, 1.807) is 11.3 Å². The fourth-order valence-corrected chi connectivity index (χ4v) is 2.70. The molecule has 1 fully saturated rings. The number of thiophene rings is 1. The number of carbonyl (C=O) groups is 1. The molecule has 2 atom stereocenters. The predicted octanol–water partition coefficient (Wildman–Crippen LogP) is 1.59. The van der Waals surface area contributed by atoms with E-state index in [9.17, 15) is 4.79 Å². The molecular formula is C11H15NO3S. The summed E-state index contributed by atoms with van der Waals surface area (Å²) in [6, 6.07) is 2.03. The molecule has 16 heavy (non-hydrogen) atoms. The van der Waals surface area contributed by atoms with Gasteiger partial charge in [-0.1, -0.05) is 0 Å². The Morgan fingerprint density at radius 3 is 3.12 bits per heavy atom. The van der Waals surface area contributed by atoms with Crippen LogP contribution in [0.4, 0.5) is 0 Å². The van der Waals surface area contributed by atoms with Gasteiger partial charge in [0.15, 0.2) is 0 Å². The SMILES string of the molecule is CC1CN(CC(=O)O)CC(c2ccsc2)O1. The van der Waals surface area contributed by atoms with E-state index in [2.05, 4.69) is 5.38 Å². The van der Waals surface area contributed by atoms with Gasteiger partial charge in [-0.2, -0.15) is 11.3 Å². The average molecular weight is 241 g/mol. The fourth-order valence-electron chi connectivity index (χ4n) is 2.00. The molecule has 0 saturated carbocycles. The van der Waals surface area contributed by atoms with Gasteiger partial charge in [0, 0.05) is 13.1 Å². The highest BCUT2D eigenvalue weighted by Gasteiger charge is 2.27. The zero-order valence-corrected chi connectivity index (χ0v) is 9.94. The molecule has 88 valence electrons. The minimum Gasteiger partial charge on any atom is -0.480 e. The Labute approximate surface area is 98.4 Å². The van der Waals surface area contributed by atoms with E-state index in [4.69, 9.17) is 9.84 Å². The van der Waals surface area contributed by atoms with Crippen molar-refractivity contribution in [2.24, 2.45) is 0 Å². The Hall–Kier alpha value is -0.910. The van der Waals surface area contributed by atoms with Gasteiger partial charge in [0.25, 0.3) is 0 Å². The summed E-state index contributed by atoms with van der Waals surface area (Å²) in [7, 11) is 0. The quantitative estimate of drug-likeness (QED) is 0.873. The van der Waals surface area contributed by atoms with E-state index in [0.717, 1.165) is 5.56 Å². The zero-order chi connectivity index (χ0) is 11.5. The van der Waals surface area contributed by atoms with Gasteiger partial charge < -0.3 is 9.84 Å². The predicted molar refractivity (Wildman–Crippen MR) is 61.7 cm³/mol. The summed E-state index contributed by atoms with van der Waals surface area (Å²) < 4.78 is 5.81. The lowest BCUT2D eigenvalue weighted by Gasteiger charge is -2.35. The molecule has 2 unspecified atom stereocenters. The van der Waals surface area contributed by atoms with Gasteiger partial charge in [0.2, 0.25) is 0 Å². The maximum absolute atomic E-state index is 10.7. The van der Waals surface area contributed by atoms with Crippen molar-refractivity contribution in [3.8, 4) is 0 Å². The molecule has 1 N–H and O–H groups in total. The Morgan fingerprint density at radius 1 is 1.69 bits per heavy atom. The lowest BCUT2D eigenvalue weighted by Crippen LogP contribution is -2.44. The molecule has 0 spiro atoms. The van der Waals surface area contributed by atoms with E-state index < -0.39 is 5.97 Å². The molecule has 0 radical (unpaired) electrons. The normalized spacial score (nSPS) is 26.8. The maximum Gasteiger partial charge on any atom is 0.317 e. The molecule has 1 aliphatic heterocycles. The van der Waals surface area contributed by atoms with Crippen LogP contribution in [-0.2, 0) is 9.53 Å². The molecule has 0 aromatic carbocycles. The molecule has 1 aliphatic rings. The van der Waals surface area contributed by atoms with Crippen molar-refractivity contribution >= 4 is 17.3 Å². The van der Waals surface area contributed by atoms with Gasteiger partial charge in [0.05, 0.1) is 18.8 Å². The number of ether oxygens (including phenoxy) is 1. The van der Waals surface area contributed by atoms with Crippen molar-refractivity contribution < 1.29 is 14.6 Å². The van der Waals surface area contributed by atoms with Crippen LogP contribution in [0.5, 0.6) is 0 Å². The standard InChI is InChI=1S/C11H15NO3S/c1-8-4-12(6-11(13)14)5-10(15-8)9-2-3-16-7-9/h2-3,7-8,10H,4-6H2,1H3,(H,13,14). The van der Waals surface area contributed by atoms with E-state index in [1.807, 2.05) is 23.3 Å². The number of hydrogen-bond acceptors (Lipinski definition) is 4. The van der Waals surface area contributed by atoms with Crippen molar-refractivity contribution in [2.75, 3.05) is 19.6 Å². The highest BCUT2D eigenvalue weighted by molar-refractivity contribution is 7.07. The van der Waals surface area contributed by atoms with E-state index in [0.29, 0.717) is 13.1 Å². The van der Waals surface area contributed by atoms with Crippen molar-refractivity contribution in [1.82, 2.24) is 4.90 Å². The molecule has 0 aliphatic carbocycles. The smallest absolute Gasteiger partial charge is 0.317 e. The first-order chi connectivity index (χ1) is 7.65. The first-order valence-corrected chi connectivity index (χ1v) is 6.21. The summed E-state index contributed by atoms with van der Waals surface area (Å²) >= 11 is 1.63. The highest BCUT2D eigenvalue weighted by Crippen LogP contribution is 2.26. The van der Waals surface area contributed by atoms with Gasteiger partial charge in [-0.05, 0) is 29.3 Å². The summed E-state index contributed by atoms with van der Waals surface area (Å²) in [6.07, 6.45) is 0.0901. The van der Waals surface area contributed by atoms with Crippen LogP contribution in [0.2, 0.25) is 0 Å². The van der Waals surface area contributed by atoms with Crippen LogP contribution in [0.1, 0.15) is 18.6 Å². The summed E-state index contributed by atoms with van der Waals surface area (Å²) in [4.78, 5) is 12.6. The van der Waals surface area contributed by atoms with Gasteiger partial charge in [0.1, 0.15) is 0 Å². The van der Waals surface area contributed by atoms with Gasteiger partial charge >= 0.3 is 5.97 Å². The van der Waals surface area contributed by atoms with Crippen molar-refractivity contribution in [3.63, 3.8) is 0 Å². The Bertz CT molecular complexity index is 352. The first kappa shape index (κ1) is 11.6. The maximum atomic E-state index is 10.7. The minimum absolute atomic E-state index is 0.00866. The second-order valence-corrected chi connectivity index (χ2v) is 4.86. The molecule has 4 nitrogen and oxygen atoms in total. The number of carboxylic acids is 1. The van der Waals surface area contributed by atoms with Crippen LogP contribution >= 0.6 is 11.3 Å². The lowest BCUT2D eigenvalue weighted by atomic mass is 10.1. The second kappa shape index (κ2) is 4.95. The Balaban J connectivity index is 2.02. The molecule has 1 aromatic heterocycles. The summed E-state index contributed by atoms with van der Waals surface area (Å²) in [5, 5.41) is 12.9. The number of nitrogens with zero attached hydrogens (tertiary/aromatic N) is 1. The number of rotatable bonds is 3. The summed E-state index contributed by atoms with van der Waals surface area (Å²) in [6.45, 7) is 3.42. The number of carboxylic acid groups (broad SMARTS) is 1. The van der Waals surface area contributed by atoms with Crippen LogP contribution in [0.25, 0.3) is 0 Å². The Morgan fingerprint density at radius 2 is 2.50 bits per heavy atom. The third-order valence-electron chi connectivity index (χ3n) is 2.61. The average Bonchev–Trinajstić information content (AvgIpc) is 2.67. The Kier molecular flexibility index (Phi) is 3.58. The highest BCUT2D eigenvalue weighted by atomic mass is 32.1. The van der Waals surface area contributed by atoms with Gasteiger partial charge in [-0.15, -0.1) is 0 Å². The third kappa shape index (κ3) is 2.81. The van der Waals surface area contributed by atoms with Crippen LogP contribution < -0.4 is 0 Å². The van der Waals surface area contributed by atoms with E-state index >= 15 is 0 Å². The molecule has 1 saturated heterocycles. The molecule has 0 bridgehead atoms. The monoisotopic (exact) mass is 241 g/mol. The van der Waals surface area contributed by atoms with Crippen molar-refractivity contribution in [2.45, 2.75) is 19.1 Å². The molecule has 2 heterocycles. The third-order valence-corrected chi connectivity index (χ3v) is 3.31. The lowest BCUT2D eigenvalue weighted by molar-refractivity contribution is -0.142. The number of hydrogen-bond donors (Lipinski definition) is 1. The molecule has 5 heteroatoms. The van der Waals surface area contributed by atoms with E-state index in [1.165, 1.54) is 0 Å². The molecule has 1 aromatic rings. The molecule has 0 amide bonds. The largest absolute Gasteiger partial charge is 0.480 e. The minimum atomic E-state index is -0.779. The van der Waals surface area contributed by atoms with Crippen LogP contribution in [0.3, 0.4) is 0 Å². The van der Waals surface area contributed by atoms with Gasteiger partial charge in [-0.25, -0.2) is 0 Å². The number of aliphatic carboxylic acids is 1. The van der Waals surface area contributed by atoms with Gasteiger partial charge in [-0.3, -0.25) is 9.69 Å². The zero-order valence-electron chi connectivity index (χ0n) is 9.13. The van der Waals surface area contributed by atoms with Crippen molar-refractivity contribution in [1.29, 1.82) is 0 Å². The van der Waals surface area contributed by atoms with Crippen LogP contribution in [0.15, 0.2) is 16.8 Å². The van der Waals surface area contributed by atoms with Crippen LogP contribution in [0, 0.1) is 0 Å². The number of morpholine rings is 1. The molecular weight excluding hydrogens is 226 g/mol. The molecule has 2 rings (SSSR count). The summed E-state index contributed by atoms with van der Waals surface area (Å²) in [5.41, 5.74) is 1.15. The first-order valence-electron chi connectivity index (χ1n) is 5.27. The van der Waals surface area contributed by atoms with Crippen LogP contribution in [-0.4, -0.2) is 41.7 Å².